The lowest BCUT2D eigenvalue weighted by molar-refractivity contribution is 0.311. The van der Waals surface area contributed by atoms with Crippen LogP contribution < -0.4 is 19.5 Å². The lowest BCUT2D eigenvalue weighted by Crippen LogP contribution is -2.21. The molecular formula is C18H22ClNO3. The lowest BCUT2D eigenvalue weighted by atomic mass is 10.2. The second kappa shape index (κ2) is 8.65. The van der Waals surface area contributed by atoms with Crippen LogP contribution in [0.1, 0.15) is 11.1 Å². The van der Waals surface area contributed by atoms with Crippen LogP contribution in [-0.4, -0.2) is 27.4 Å². The second-order valence-corrected chi connectivity index (χ2v) is 5.50. The van der Waals surface area contributed by atoms with Crippen LogP contribution >= 0.6 is 11.6 Å². The normalized spacial score (nSPS) is 10.4. The van der Waals surface area contributed by atoms with Crippen molar-refractivity contribution in [2.24, 2.45) is 0 Å². The highest BCUT2D eigenvalue weighted by Gasteiger charge is 2.09. The average Bonchev–Trinajstić information content (AvgIpc) is 2.57. The summed E-state index contributed by atoms with van der Waals surface area (Å²) in [5.41, 5.74) is 2.09. The van der Waals surface area contributed by atoms with Gasteiger partial charge in [0.15, 0.2) is 11.5 Å². The van der Waals surface area contributed by atoms with Crippen molar-refractivity contribution >= 4 is 11.6 Å². The number of benzene rings is 2. The summed E-state index contributed by atoms with van der Waals surface area (Å²) in [5.74, 6) is 2.22. The van der Waals surface area contributed by atoms with Gasteiger partial charge in [0.05, 0.1) is 14.2 Å². The van der Waals surface area contributed by atoms with E-state index in [9.17, 15) is 0 Å². The van der Waals surface area contributed by atoms with E-state index in [4.69, 9.17) is 25.8 Å². The van der Waals surface area contributed by atoms with Gasteiger partial charge in [-0.3, -0.25) is 0 Å². The van der Waals surface area contributed by atoms with Crippen molar-refractivity contribution in [2.75, 3.05) is 27.4 Å². The molecule has 0 aromatic heterocycles. The summed E-state index contributed by atoms with van der Waals surface area (Å²) < 4.78 is 16.3. The molecule has 5 heteroatoms. The fourth-order valence-electron chi connectivity index (χ4n) is 2.21. The maximum atomic E-state index is 6.26. The van der Waals surface area contributed by atoms with Crippen LogP contribution in [0.2, 0.25) is 5.02 Å². The highest BCUT2D eigenvalue weighted by atomic mass is 35.5. The van der Waals surface area contributed by atoms with Crippen LogP contribution in [0.25, 0.3) is 0 Å². The van der Waals surface area contributed by atoms with Crippen molar-refractivity contribution in [1.82, 2.24) is 5.32 Å². The first-order chi connectivity index (χ1) is 11.2. The summed E-state index contributed by atoms with van der Waals surface area (Å²) in [5, 5.41) is 3.96. The first-order valence-electron chi connectivity index (χ1n) is 7.45. The minimum Gasteiger partial charge on any atom is -0.493 e. The smallest absolute Gasteiger partial charge is 0.162 e. The van der Waals surface area contributed by atoms with Gasteiger partial charge in [-0.15, -0.1) is 0 Å². The number of rotatable bonds is 8. The zero-order valence-corrected chi connectivity index (χ0v) is 14.4. The van der Waals surface area contributed by atoms with Crippen molar-refractivity contribution in [3.8, 4) is 17.2 Å². The lowest BCUT2D eigenvalue weighted by Gasteiger charge is -2.13. The summed E-state index contributed by atoms with van der Waals surface area (Å²) in [6.07, 6.45) is 0. The molecule has 2 rings (SSSR count). The number of halogens is 1. The fraction of sp³-hybridized carbons (Fsp3) is 0.333. The molecule has 23 heavy (non-hydrogen) atoms. The molecule has 0 bridgehead atoms. The molecule has 1 N–H and O–H groups in total. The first kappa shape index (κ1) is 17.4. The van der Waals surface area contributed by atoms with E-state index in [2.05, 4.69) is 5.32 Å². The van der Waals surface area contributed by atoms with Crippen molar-refractivity contribution in [3.63, 3.8) is 0 Å². The molecule has 0 radical (unpaired) electrons. The Bertz CT molecular complexity index is 646. The Morgan fingerprint density at radius 1 is 1.00 bits per heavy atom. The number of ether oxygens (including phenoxy) is 3. The van der Waals surface area contributed by atoms with Gasteiger partial charge in [-0.25, -0.2) is 0 Å². The molecule has 2 aromatic rings. The van der Waals surface area contributed by atoms with E-state index in [1.807, 2.05) is 37.3 Å². The SMILES string of the molecule is COc1cc(Cl)c(CNCCOc2ccccc2C)cc1OC. The van der Waals surface area contributed by atoms with E-state index in [1.54, 1.807) is 20.3 Å². The van der Waals surface area contributed by atoms with E-state index in [0.717, 1.165) is 23.4 Å². The van der Waals surface area contributed by atoms with Gasteiger partial charge in [-0.05, 0) is 30.2 Å². The largest absolute Gasteiger partial charge is 0.493 e. The molecule has 0 aliphatic carbocycles. The van der Waals surface area contributed by atoms with Crippen LogP contribution in [0.4, 0.5) is 0 Å². The highest BCUT2D eigenvalue weighted by Crippen LogP contribution is 2.32. The molecule has 0 amide bonds. The number of hydrogen-bond donors (Lipinski definition) is 1. The van der Waals surface area contributed by atoms with E-state index in [1.165, 1.54) is 0 Å². The highest BCUT2D eigenvalue weighted by molar-refractivity contribution is 6.31. The van der Waals surface area contributed by atoms with Crippen molar-refractivity contribution in [1.29, 1.82) is 0 Å². The minimum absolute atomic E-state index is 0.593. The Morgan fingerprint density at radius 2 is 1.70 bits per heavy atom. The quantitative estimate of drug-likeness (QED) is 0.744. The van der Waals surface area contributed by atoms with E-state index in [0.29, 0.717) is 29.7 Å². The standard InChI is InChI=1S/C18H22ClNO3/c1-13-6-4-5-7-16(13)23-9-8-20-12-14-10-17(21-2)18(22-3)11-15(14)19/h4-7,10-11,20H,8-9,12H2,1-3H3. The summed E-state index contributed by atoms with van der Waals surface area (Å²) >= 11 is 6.26. The zero-order chi connectivity index (χ0) is 16.7. The van der Waals surface area contributed by atoms with Gasteiger partial charge in [0.25, 0.3) is 0 Å². The van der Waals surface area contributed by atoms with E-state index in [-0.39, 0.29) is 0 Å². The molecule has 0 aliphatic rings. The van der Waals surface area contributed by atoms with Gasteiger partial charge < -0.3 is 19.5 Å². The topological polar surface area (TPSA) is 39.7 Å². The number of aryl methyl sites for hydroxylation is 1. The van der Waals surface area contributed by atoms with Gasteiger partial charge in [-0.1, -0.05) is 29.8 Å². The van der Waals surface area contributed by atoms with Crippen molar-refractivity contribution < 1.29 is 14.2 Å². The predicted molar refractivity (Wildman–Crippen MR) is 92.9 cm³/mol. The second-order valence-electron chi connectivity index (χ2n) is 5.09. The van der Waals surface area contributed by atoms with Crippen LogP contribution in [0, 0.1) is 6.92 Å². The van der Waals surface area contributed by atoms with Crippen LogP contribution in [0.3, 0.4) is 0 Å². The van der Waals surface area contributed by atoms with Gasteiger partial charge in [0, 0.05) is 24.2 Å². The number of nitrogens with one attached hydrogen (secondary N) is 1. The summed E-state index contributed by atoms with van der Waals surface area (Å²) in [4.78, 5) is 0. The van der Waals surface area contributed by atoms with Gasteiger partial charge in [0.1, 0.15) is 12.4 Å². The molecule has 2 aromatic carbocycles. The predicted octanol–water partition coefficient (Wildman–Crippen LogP) is 3.83. The Kier molecular flexibility index (Phi) is 6.56. The van der Waals surface area contributed by atoms with Crippen LogP contribution in [0.5, 0.6) is 17.2 Å². The monoisotopic (exact) mass is 335 g/mol. The average molecular weight is 336 g/mol. The van der Waals surface area contributed by atoms with Gasteiger partial charge >= 0.3 is 0 Å². The molecule has 4 nitrogen and oxygen atoms in total. The minimum atomic E-state index is 0.593. The zero-order valence-electron chi connectivity index (χ0n) is 13.7. The molecule has 0 aliphatic heterocycles. The molecule has 0 heterocycles. The molecule has 0 spiro atoms. The molecule has 0 saturated heterocycles. The third kappa shape index (κ3) is 4.78. The van der Waals surface area contributed by atoms with Gasteiger partial charge in [-0.2, -0.15) is 0 Å². The Hall–Kier alpha value is -1.91. The maximum absolute atomic E-state index is 6.26. The summed E-state index contributed by atoms with van der Waals surface area (Å²) in [6, 6.07) is 11.6. The molecule has 0 fully saturated rings. The molecule has 0 unspecified atom stereocenters. The maximum Gasteiger partial charge on any atom is 0.162 e. The Morgan fingerprint density at radius 3 is 2.39 bits per heavy atom. The number of para-hydroxylation sites is 1. The van der Waals surface area contributed by atoms with Gasteiger partial charge in [0.2, 0.25) is 0 Å². The molecular weight excluding hydrogens is 314 g/mol. The summed E-state index contributed by atoms with van der Waals surface area (Å²) in [7, 11) is 3.20. The van der Waals surface area contributed by atoms with Crippen molar-refractivity contribution in [2.45, 2.75) is 13.5 Å². The van der Waals surface area contributed by atoms with E-state index < -0.39 is 0 Å². The third-order valence-electron chi connectivity index (χ3n) is 3.50. The molecule has 0 saturated carbocycles. The Labute approximate surface area is 142 Å². The fourth-order valence-corrected chi connectivity index (χ4v) is 2.43. The third-order valence-corrected chi connectivity index (χ3v) is 3.85. The molecule has 124 valence electrons. The number of methoxy groups -OCH3 is 2. The van der Waals surface area contributed by atoms with E-state index >= 15 is 0 Å². The van der Waals surface area contributed by atoms with Crippen LogP contribution in [-0.2, 0) is 6.54 Å². The summed E-state index contributed by atoms with van der Waals surface area (Å²) in [6.45, 7) is 3.98. The molecule has 0 atom stereocenters. The van der Waals surface area contributed by atoms with Crippen LogP contribution in [0.15, 0.2) is 36.4 Å². The van der Waals surface area contributed by atoms with Crippen molar-refractivity contribution in [3.05, 3.63) is 52.5 Å². The Balaban J connectivity index is 1.83. The first-order valence-corrected chi connectivity index (χ1v) is 7.83. The number of hydrogen-bond acceptors (Lipinski definition) is 4.